The van der Waals surface area contributed by atoms with Gasteiger partial charge in [-0.1, -0.05) is 28.9 Å². The van der Waals surface area contributed by atoms with Crippen LogP contribution in [0.5, 0.6) is 0 Å². The van der Waals surface area contributed by atoms with Gasteiger partial charge in [-0.05, 0) is 34.7 Å². The van der Waals surface area contributed by atoms with Crippen molar-refractivity contribution in [2.45, 2.75) is 0 Å². The second-order valence-corrected chi connectivity index (χ2v) is 4.06. The van der Waals surface area contributed by atoms with Gasteiger partial charge >= 0.3 is 0 Å². The first kappa shape index (κ1) is 9.92. The molecule has 1 aromatic heterocycles. The monoisotopic (exact) mass is 323 g/mol. The lowest BCUT2D eigenvalue weighted by atomic mass is 10.2. The van der Waals surface area contributed by atoms with Crippen LogP contribution in [0, 0.1) is 9.39 Å². The van der Waals surface area contributed by atoms with Gasteiger partial charge in [0.25, 0.3) is 0 Å². The molecule has 0 unspecified atom stereocenters. The van der Waals surface area contributed by atoms with Crippen LogP contribution in [-0.4, -0.2) is 5.16 Å². The summed E-state index contributed by atoms with van der Waals surface area (Å²) in [6.45, 7) is 0. The number of hydrogen-bond donors (Lipinski definition) is 0. The molecule has 1 heterocycles. The zero-order valence-electron chi connectivity index (χ0n) is 6.80. The van der Waals surface area contributed by atoms with E-state index in [0.29, 0.717) is 20.0 Å². The minimum absolute atomic E-state index is 0.296. The number of nitrogens with zero attached hydrogens (tertiary/aromatic N) is 1. The van der Waals surface area contributed by atoms with E-state index >= 15 is 0 Å². The fraction of sp³-hybridized carbons (Fsp3) is 0. The average Bonchev–Trinajstić information content (AvgIpc) is 2.48. The van der Waals surface area contributed by atoms with E-state index in [2.05, 4.69) is 5.16 Å². The molecule has 0 saturated carbocycles. The van der Waals surface area contributed by atoms with Gasteiger partial charge in [0.2, 0.25) is 0 Å². The molecule has 0 N–H and O–H groups in total. The van der Waals surface area contributed by atoms with Crippen molar-refractivity contribution in [3.8, 4) is 11.3 Å². The topological polar surface area (TPSA) is 26.0 Å². The van der Waals surface area contributed by atoms with E-state index in [1.807, 2.05) is 22.6 Å². The van der Waals surface area contributed by atoms with E-state index in [9.17, 15) is 4.39 Å². The molecule has 0 fully saturated rings. The van der Waals surface area contributed by atoms with Crippen LogP contribution in [0.4, 0.5) is 4.39 Å². The van der Waals surface area contributed by atoms with Crippen LogP contribution >= 0.6 is 34.2 Å². The van der Waals surface area contributed by atoms with Crippen molar-refractivity contribution in [2.75, 3.05) is 0 Å². The van der Waals surface area contributed by atoms with Crippen LogP contribution in [0.1, 0.15) is 0 Å². The SMILES string of the molecule is Fc1cccc(-c2onc(Cl)c2I)c1. The molecule has 0 aliphatic rings. The molecule has 0 aliphatic heterocycles. The number of aromatic nitrogens is 1. The van der Waals surface area contributed by atoms with E-state index in [1.165, 1.54) is 12.1 Å². The van der Waals surface area contributed by atoms with Gasteiger partial charge < -0.3 is 4.52 Å². The summed E-state index contributed by atoms with van der Waals surface area (Å²) >= 11 is 7.72. The van der Waals surface area contributed by atoms with E-state index in [1.54, 1.807) is 12.1 Å². The maximum Gasteiger partial charge on any atom is 0.186 e. The van der Waals surface area contributed by atoms with Crippen LogP contribution in [-0.2, 0) is 0 Å². The van der Waals surface area contributed by atoms with Crippen molar-refractivity contribution in [1.82, 2.24) is 5.16 Å². The molecule has 1 aromatic carbocycles. The lowest BCUT2D eigenvalue weighted by Gasteiger charge is -1.95. The minimum Gasteiger partial charge on any atom is -0.354 e. The molecule has 0 amide bonds. The normalized spacial score (nSPS) is 10.5. The molecular formula is C9H4ClFINO. The lowest BCUT2D eigenvalue weighted by molar-refractivity contribution is 0.432. The summed E-state index contributed by atoms with van der Waals surface area (Å²) in [6, 6.07) is 6.09. The maximum absolute atomic E-state index is 12.9. The quantitative estimate of drug-likeness (QED) is 0.747. The second kappa shape index (κ2) is 3.86. The second-order valence-electron chi connectivity index (χ2n) is 2.63. The first-order valence-electron chi connectivity index (χ1n) is 3.75. The molecule has 5 heteroatoms. The summed E-state index contributed by atoms with van der Waals surface area (Å²) in [7, 11) is 0. The van der Waals surface area contributed by atoms with Gasteiger partial charge in [0.05, 0.1) is 3.57 Å². The number of halogens is 3. The molecule has 0 bridgehead atoms. The van der Waals surface area contributed by atoms with E-state index in [0.717, 1.165) is 0 Å². The zero-order valence-corrected chi connectivity index (χ0v) is 9.71. The van der Waals surface area contributed by atoms with Gasteiger partial charge in [-0.3, -0.25) is 0 Å². The molecular weight excluding hydrogens is 319 g/mol. The van der Waals surface area contributed by atoms with Crippen LogP contribution < -0.4 is 0 Å². The molecule has 72 valence electrons. The van der Waals surface area contributed by atoms with Crippen molar-refractivity contribution in [3.05, 3.63) is 38.8 Å². The van der Waals surface area contributed by atoms with Crippen molar-refractivity contribution in [3.63, 3.8) is 0 Å². The van der Waals surface area contributed by atoms with Gasteiger partial charge in [-0.25, -0.2) is 4.39 Å². The summed E-state index contributed by atoms with van der Waals surface area (Å²) < 4.78 is 18.6. The van der Waals surface area contributed by atoms with E-state index in [-0.39, 0.29) is 5.82 Å². The standard InChI is InChI=1S/C9H4ClFINO/c10-9-7(12)8(14-13-9)5-2-1-3-6(11)4-5/h1-4H. The van der Waals surface area contributed by atoms with Gasteiger partial charge in [-0.2, -0.15) is 0 Å². The molecule has 0 saturated heterocycles. The Morgan fingerprint density at radius 1 is 1.43 bits per heavy atom. The molecule has 2 nitrogen and oxygen atoms in total. The fourth-order valence-corrected chi connectivity index (χ4v) is 1.70. The summed E-state index contributed by atoms with van der Waals surface area (Å²) in [5, 5.41) is 3.88. The molecule has 0 radical (unpaired) electrons. The summed E-state index contributed by atoms with van der Waals surface area (Å²) in [5.41, 5.74) is 0.633. The van der Waals surface area contributed by atoms with Crippen LogP contribution in [0.2, 0.25) is 5.15 Å². The highest BCUT2D eigenvalue weighted by molar-refractivity contribution is 14.1. The Labute approximate surface area is 98.2 Å². The van der Waals surface area contributed by atoms with Gasteiger partial charge in [0.1, 0.15) is 5.82 Å². The predicted octanol–water partition coefficient (Wildman–Crippen LogP) is 3.74. The molecule has 0 aliphatic carbocycles. The number of hydrogen-bond acceptors (Lipinski definition) is 2. The lowest BCUT2D eigenvalue weighted by Crippen LogP contribution is -1.79. The Morgan fingerprint density at radius 3 is 2.79 bits per heavy atom. The third-order valence-corrected chi connectivity index (χ3v) is 3.26. The molecule has 0 spiro atoms. The highest BCUT2D eigenvalue weighted by atomic mass is 127. The van der Waals surface area contributed by atoms with Gasteiger partial charge in [0, 0.05) is 5.56 Å². The average molecular weight is 323 g/mol. The third kappa shape index (κ3) is 1.76. The zero-order chi connectivity index (χ0) is 10.1. The van der Waals surface area contributed by atoms with E-state index in [4.69, 9.17) is 16.1 Å². The molecule has 2 aromatic rings. The Hall–Kier alpha value is -0.620. The van der Waals surface area contributed by atoms with Crippen LogP contribution in [0.3, 0.4) is 0 Å². The summed E-state index contributed by atoms with van der Waals surface area (Å²) in [4.78, 5) is 0. The van der Waals surface area contributed by atoms with Crippen molar-refractivity contribution >= 4 is 34.2 Å². The largest absolute Gasteiger partial charge is 0.354 e. The van der Waals surface area contributed by atoms with Gasteiger partial charge in [0.15, 0.2) is 10.9 Å². The molecule has 2 rings (SSSR count). The number of rotatable bonds is 1. The first-order chi connectivity index (χ1) is 6.68. The Morgan fingerprint density at radius 2 is 2.21 bits per heavy atom. The van der Waals surface area contributed by atoms with Gasteiger partial charge in [-0.15, -0.1) is 0 Å². The Kier molecular flexibility index (Phi) is 2.73. The first-order valence-corrected chi connectivity index (χ1v) is 5.21. The predicted molar refractivity (Wildman–Crippen MR) is 59.6 cm³/mol. The number of benzene rings is 1. The van der Waals surface area contributed by atoms with Crippen molar-refractivity contribution < 1.29 is 8.91 Å². The smallest absolute Gasteiger partial charge is 0.186 e. The minimum atomic E-state index is -0.314. The van der Waals surface area contributed by atoms with Crippen molar-refractivity contribution in [1.29, 1.82) is 0 Å². The van der Waals surface area contributed by atoms with Crippen LogP contribution in [0.25, 0.3) is 11.3 Å². The summed E-state index contributed by atoms with van der Waals surface area (Å²) in [6.07, 6.45) is 0. The Bertz CT molecular complexity index is 472. The highest BCUT2D eigenvalue weighted by Gasteiger charge is 2.13. The highest BCUT2D eigenvalue weighted by Crippen LogP contribution is 2.30. The molecule has 14 heavy (non-hydrogen) atoms. The third-order valence-electron chi connectivity index (χ3n) is 1.68. The molecule has 0 atom stereocenters. The van der Waals surface area contributed by atoms with E-state index < -0.39 is 0 Å². The van der Waals surface area contributed by atoms with Crippen LogP contribution in [0.15, 0.2) is 28.8 Å². The Balaban J connectivity index is 2.55. The maximum atomic E-state index is 12.9. The fourth-order valence-electron chi connectivity index (χ4n) is 1.07. The van der Waals surface area contributed by atoms with Crippen molar-refractivity contribution in [2.24, 2.45) is 0 Å². The summed E-state index contributed by atoms with van der Waals surface area (Å²) in [5.74, 6) is 0.181.